The number of amides is 2. The number of hydrogen-bond donors (Lipinski definition) is 4. The lowest BCUT2D eigenvalue weighted by molar-refractivity contribution is 0.252. The quantitative estimate of drug-likeness (QED) is 0.473. The molecule has 158 valence electrons. The molecular formula is C23H22FN5O2. The molecule has 0 radical (unpaired) electrons. The Morgan fingerprint density at radius 2 is 1.81 bits per heavy atom. The fraction of sp³-hybridized carbons (Fsp3) is 0.174. The van der Waals surface area contributed by atoms with E-state index in [2.05, 4.69) is 15.6 Å². The number of aromatic amines is 1. The fourth-order valence-corrected chi connectivity index (χ4v) is 3.61. The minimum absolute atomic E-state index is 0.00105. The Morgan fingerprint density at radius 1 is 1.06 bits per heavy atom. The number of aryl methyl sites for hydroxylation is 2. The van der Waals surface area contributed by atoms with E-state index in [-0.39, 0.29) is 23.0 Å². The first-order valence-corrected chi connectivity index (χ1v) is 9.86. The van der Waals surface area contributed by atoms with Crippen LogP contribution < -0.4 is 21.1 Å². The van der Waals surface area contributed by atoms with Gasteiger partial charge in [-0.3, -0.25) is 15.1 Å². The van der Waals surface area contributed by atoms with Gasteiger partial charge in [0.05, 0.1) is 22.6 Å². The van der Waals surface area contributed by atoms with Gasteiger partial charge in [0, 0.05) is 30.5 Å². The molecule has 4 N–H and O–H groups in total. The summed E-state index contributed by atoms with van der Waals surface area (Å²) in [6.45, 7) is 4.70. The summed E-state index contributed by atoms with van der Waals surface area (Å²) in [6, 6.07) is 11.4. The maximum absolute atomic E-state index is 14.4. The minimum Gasteiger partial charge on any atom is -0.352 e. The summed E-state index contributed by atoms with van der Waals surface area (Å²) in [7, 11) is 0. The van der Waals surface area contributed by atoms with E-state index in [1.54, 1.807) is 55.1 Å². The predicted octanol–water partition coefficient (Wildman–Crippen LogP) is 3.82. The number of hydrogen-bond acceptors (Lipinski definition) is 4. The number of halogens is 1. The molecule has 31 heavy (non-hydrogen) atoms. The molecule has 1 aliphatic rings. The van der Waals surface area contributed by atoms with E-state index in [4.69, 9.17) is 5.41 Å². The van der Waals surface area contributed by atoms with Crippen molar-refractivity contribution < 1.29 is 9.18 Å². The molecule has 0 unspecified atom stereocenters. The maximum Gasteiger partial charge on any atom is 0.321 e. The van der Waals surface area contributed by atoms with Crippen molar-refractivity contribution in [3.63, 3.8) is 0 Å². The van der Waals surface area contributed by atoms with Crippen LogP contribution in [0.5, 0.6) is 0 Å². The van der Waals surface area contributed by atoms with Crippen LogP contribution in [0.25, 0.3) is 0 Å². The Morgan fingerprint density at radius 3 is 2.45 bits per heavy atom. The van der Waals surface area contributed by atoms with Gasteiger partial charge in [0.2, 0.25) is 0 Å². The standard InChI is InChI=1S/C23H22FN5O2/c1-13-4-3-5-17(24)20(13)28-21-14(2)12-27-22(30)18(21)19(25)15-6-8-16(9-7-15)29-11-10-26-23(29)31/h3-9,12,25H,10-11H2,1-2H3,(H,26,31)(H2,27,28,30). The molecular weight excluding hydrogens is 397 g/mol. The number of anilines is 3. The van der Waals surface area contributed by atoms with Crippen LogP contribution >= 0.6 is 0 Å². The van der Waals surface area contributed by atoms with Crippen LogP contribution in [0.4, 0.5) is 26.2 Å². The molecule has 0 saturated carbocycles. The highest BCUT2D eigenvalue weighted by molar-refractivity contribution is 6.14. The normalized spacial score (nSPS) is 13.3. The third kappa shape index (κ3) is 3.79. The van der Waals surface area contributed by atoms with Crippen molar-refractivity contribution in [1.29, 1.82) is 5.41 Å². The van der Waals surface area contributed by atoms with Crippen molar-refractivity contribution in [3.8, 4) is 0 Å². The van der Waals surface area contributed by atoms with Crippen LogP contribution in [0.15, 0.2) is 53.5 Å². The first-order valence-electron chi connectivity index (χ1n) is 9.86. The number of pyridine rings is 1. The number of carbonyl (C=O) groups is 1. The number of nitrogens with one attached hydrogen (secondary N) is 4. The molecule has 2 amide bonds. The van der Waals surface area contributed by atoms with E-state index in [9.17, 15) is 14.0 Å². The second-order valence-electron chi connectivity index (χ2n) is 7.41. The second-order valence-corrected chi connectivity index (χ2v) is 7.41. The molecule has 7 nitrogen and oxygen atoms in total. The van der Waals surface area contributed by atoms with Crippen LogP contribution in [0, 0.1) is 25.1 Å². The second kappa shape index (κ2) is 8.06. The molecule has 0 aliphatic carbocycles. The highest BCUT2D eigenvalue weighted by atomic mass is 19.1. The molecule has 3 aromatic rings. The van der Waals surface area contributed by atoms with Crippen molar-refractivity contribution >= 4 is 28.8 Å². The monoisotopic (exact) mass is 419 g/mol. The van der Waals surface area contributed by atoms with E-state index >= 15 is 0 Å². The van der Waals surface area contributed by atoms with Crippen LogP contribution in [0.1, 0.15) is 22.3 Å². The molecule has 2 aromatic carbocycles. The fourth-order valence-electron chi connectivity index (χ4n) is 3.61. The summed E-state index contributed by atoms with van der Waals surface area (Å²) in [5.41, 5.74) is 2.89. The Hall–Kier alpha value is -3.94. The van der Waals surface area contributed by atoms with E-state index < -0.39 is 11.4 Å². The highest BCUT2D eigenvalue weighted by Gasteiger charge is 2.22. The highest BCUT2D eigenvalue weighted by Crippen LogP contribution is 2.28. The lowest BCUT2D eigenvalue weighted by atomic mass is 9.99. The van der Waals surface area contributed by atoms with E-state index in [0.717, 1.165) is 0 Å². The zero-order chi connectivity index (χ0) is 22.1. The van der Waals surface area contributed by atoms with Gasteiger partial charge in [0.1, 0.15) is 5.82 Å². The number of benzene rings is 2. The minimum atomic E-state index is -0.449. The Labute approximate surface area is 178 Å². The maximum atomic E-state index is 14.4. The van der Waals surface area contributed by atoms with E-state index in [0.29, 0.717) is 41.2 Å². The first-order chi connectivity index (χ1) is 14.9. The topological polar surface area (TPSA) is 101 Å². The largest absolute Gasteiger partial charge is 0.352 e. The van der Waals surface area contributed by atoms with Crippen LogP contribution in [0.2, 0.25) is 0 Å². The van der Waals surface area contributed by atoms with E-state index in [1.165, 1.54) is 12.3 Å². The SMILES string of the molecule is Cc1cccc(F)c1Nc1c(C)c[nH]c(=O)c1C(=N)c1ccc(N2CCNC2=O)cc1. The van der Waals surface area contributed by atoms with Crippen molar-refractivity contribution in [1.82, 2.24) is 10.3 Å². The number of para-hydroxylation sites is 1. The molecule has 0 atom stereocenters. The van der Waals surface area contributed by atoms with Crippen LogP contribution in [0.3, 0.4) is 0 Å². The van der Waals surface area contributed by atoms with Crippen molar-refractivity contribution in [2.24, 2.45) is 0 Å². The molecule has 8 heteroatoms. The third-order valence-corrected chi connectivity index (χ3v) is 5.34. The number of urea groups is 1. The van der Waals surface area contributed by atoms with Crippen molar-refractivity contribution in [2.75, 3.05) is 23.3 Å². The summed E-state index contributed by atoms with van der Waals surface area (Å²) >= 11 is 0. The lowest BCUT2D eigenvalue weighted by Crippen LogP contribution is -2.27. The van der Waals surface area contributed by atoms with Gasteiger partial charge in [-0.25, -0.2) is 9.18 Å². The molecule has 1 aliphatic heterocycles. The number of rotatable bonds is 5. The zero-order valence-corrected chi connectivity index (χ0v) is 17.2. The summed E-state index contributed by atoms with van der Waals surface area (Å²) in [5.74, 6) is -0.439. The Balaban J connectivity index is 1.72. The van der Waals surface area contributed by atoms with Gasteiger partial charge in [-0.05, 0) is 43.2 Å². The number of carbonyl (C=O) groups excluding carboxylic acids is 1. The van der Waals surface area contributed by atoms with Gasteiger partial charge in [-0.1, -0.05) is 24.3 Å². The Kier molecular flexibility index (Phi) is 5.29. The molecule has 1 fully saturated rings. The average molecular weight is 419 g/mol. The molecule has 0 spiro atoms. The van der Waals surface area contributed by atoms with Crippen molar-refractivity contribution in [3.05, 3.63) is 87.1 Å². The van der Waals surface area contributed by atoms with Gasteiger partial charge >= 0.3 is 6.03 Å². The molecule has 1 aromatic heterocycles. The summed E-state index contributed by atoms with van der Waals surface area (Å²) in [6.07, 6.45) is 1.53. The van der Waals surface area contributed by atoms with Gasteiger partial charge < -0.3 is 15.6 Å². The smallest absolute Gasteiger partial charge is 0.321 e. The Bertz CT molecular complexity index is 1210. The molecule has 0 bridgehead atoms. The lowest BCUT2D eigenvalue weighted by Gasteiger charge is -2.18. The first kappa shape index (κ1) is 20.3. The molecule has 4 rings (SSSR count). The third-order valence-electron chi connectivity index (χ3n) is 5.34. The summed E-state index contributed by atoms with van der Waals surface area (Å²) < 4.78 is 14.4. The van der Waals surface area contributed by atoms with Gasteiger partial charge in [-0.2, -0.15) is 0 Å². The molecule has 1 saturated heterocycles. The number of aromatic nitrogens is 1. The van der Waals surface area contributed by atoms with Gasteiger partial charge in [0.25, 0.3) is 5.56 Å². The summed E-state index contributed by atoms with van der Waals surface area (Å²) in [5, 5.41) is 14.5. The van der Waals surface area contributed by atoms with Crippen LogP contribution in [-0.2, 0) is 0 Å². The predicted molar refractivity (Wildman–Crippen MR) is 119 cm³/mol. The van der Waals surface area contributed by atoms with Crippen molar-refractivity contribution in [2.45, 2.75) is 13.8 Å². The number of H-pyrrole nitrogens is 1. The zero-order valence-electron chi connectivity index (χ0n) is 17.2. The van der Waals surface area contributed by atoms with E-state index in [1.807, 2.05) is 0 Å². The van der Waals surface area contributed by atoms with Gasteiger partial charge in [-0.15, -0.1) is 0 Å². The number of nitrogens with zero attached hydrogens (tertiary/aromatic N) is 1. The molecule has 2 heterocycles. The summed E-state index contributed by atoms with van der Waals surface area (Å²) in [4.78, 5) is 28.8. The van der Waals surface area contributed by atoms with Gasteiger partial charge in [0.15, 0.2) is 0 Å². The van der Waals surface area contributed by atoms with Crippen LogP contribution in [-0.4, -0.2) is 29.8 Å². The average Bonchev–Trinajstić information content (AvgIpc) is 3.18.